The highest BCUT2D eigenvalue weighted by molar-refractivity contribution is 5.72. The predicted molar refractivity (Wildman–Crippen MR) is 58.3 cm³/mol. The number of hydrogen-bond donors (Lipinski definition) is 1. The van der Waals surface area contributed by atoms with E-state index >= 15 is 0 Å². The van der Waals surface area contributed by atoms with E-state index in [1.807, 2.05) is 0 Å². The van der Waals surface area contributed by atoms with Crippen molar-refractivity contribution < 1.29 is 9.53 Å². The molecule has 15 heavy (non-hydrogen) atoms. The molecule has 3 heteroatoms. The van der Waals surface area contributed by atoms with Crippen LogP contribution >= 0.6 is 0 Å². The lowest BCUT2D eigenvalue weighted by atomic mass is 9.86. The van der Waals surface area contributed by atoms with Gasteiger partial charge in [-0.05, 0) is 44.9 Å². The zero-order valence-electron chi connectivity index (χ0n) is 9.28. The molecule has 2 aliphatic carbocycles. The van der Waals surface area contributed by atoms with Crippen LogP contribution in [0.3, 0.4) is 0 Å². The van der Waals surface area contributed by atoms with Gasteiger partial charge in [0.25, 0.3) is 0 Å². The summed E-state index contributed by atoms with van der Waals surface area (Å²) in [7, 11) is 0. The van der Waals surface area contributed by atoms with Crippen LogP contribution in [-0.2, 0) is 9.53 Å². The van der Waals surface area contributed by atoms with Gasteiger partial charge in [0.15, 0.2) is 0 Å². The minimum absolute atomic E-state index is 0.0112. The van der Waals surface area contributed by atoms with Gasteiger partial charge in [0.1, 0.15) is 6.10 Å². The minimum atomic E-state index is 0.0112. The van der Waals surface area contributed by atoms with Gasteiger partial charge in [0.2, 0.25) is 0 Å². The third-order valence-electron chi connectivity index (χ3n) is 3.63. The molecule has 0 bridgehead atoms. The molecule has 2 aliphatic rings. The van der Waals surface area contributed by atoms with E-state index < -0.39 is 0 Å². The second kappa shape index (κ2) is 4.97. The summed E-state index contributed by atoms with van der Waals surface area (Å²) in [5, 5.41) is 0. The van der Waals surface area contributed by atoms with Crippen LogP contribution in [0.2, 0.25) is 0 Å². The monoisotopic (exact) mass is 211 g/mol. The van der Waals surface area contributed by atoms with Crippen LogP contribution in [0.1, 0.15) is 51.4 Å². The fourth-order valence-electron chi connectivity index (χ4n) is 2.71. The standard InChI is InChI=1S/C12H21NO2/c13-10-5-3-4-9(8-10)12(14)15-11-6-1-2-7-11/h9-11H,1-8,13H2. The number of carbonyl (C=O) groups excluding carboxylic acids is 1. The van der Waals surface area contributed by atoms with Crippen LogP contribution in [0.15, 0.2) is 0 Å². The van der Waals surface area contributed by atoms with E-state index in [4.69, 9.17) is 10.5 Å². The lowest BCUT2D eigenvalue weighted by Crippen LogP contribution is -2.33. The highest BCUT2D eigenvalue weighted by Gasteiger charge is 2.29. The first-order chi connectivity index (χ1) is 7.25. The molecule has 0 spiro atoms. The molecule has 2 N–H and O–H groups in total. The fraction of sp³-hybridized carbons (Fsp3) is 0.917. The van der Waals surface area contributed by atoms with E-state index in [-0.39, 0.29) is 24.0 Å². The van der Waals surface area contributed by atoms with Crippen LogP contribution in [0.4, 0.5) is 0 Å². The Morgan fingerprint density at radius 3 is 2.47 bits per heavy atom. The molecule has 0 aromatic rings. The largest absolute Gasteiger partial charge is 0.462 e. The molecule has 86 valence electrons. The van der Waals surface area contributed by atoms with Crippen molar-refractivity contribution in [2.24, 2.45) is 11.7 Å². The second-order valence-corrected chi connectivity index (χ2v) is 4.97. The number of ether oxygens (including phenoxy) is 1. The van der Waals surface area contributed by atoms with Crippen molar-refractivity contribution in [1.82, 2.24) is 0 Å². The summed E-state index contributed by atoms with van der Waals surface area (Å²) < 4.78 is 5.50. The van der Waals surface area contributed by atoms with E-state index in [1.54, 1.807) is 0 Å². The smallest absolute Gasteiger partial charge is 0.309 e. The zero-order chi connectivity index (χ0) is 10.7. The van der Waals surface area contributed by atoms with Crippen LogP contribution in [0.5, 0.6) is 0 Å². The molecule has 0 aromatic carbocycles. The van der Waals surface area contributed by atoms with Gasteiger partial charge in [-0.15, -0.1) is 0 Å². The lowest BCUT2D eigenvalue weighted by Gasteiger charge is -2.26. The summed E-state index contributed by atoms with van der Waals surface area (Å²) in [5.74, 6) is 0.0893. The van der Waals surface area contributed by atoms with Gasteiger partial charge in [-0.25, -0.2) is 0 Å². The van der Waals surface area contributed by atoms with Crippen molar-refractivity contribution in [3.8, 4) is 0 Å². The van der Waals surface area contributed by atoms with E-state index in [1.165, 1.54) is 12.8 Å². The summed E-state index contributed by atoms with van der Waals surface area (Å²) in [5.41, 5.74) is 5.86. The molecular weight excluding hydrogens is 190 g/mol. The van der Waals surface area contributed by atoms with Gasteiger partial charge in [0, 0.05) is 6.04 Å². The van der Waals surface area contributed by atoms with Gasteiger partial charge in [0.05, 0.1) is 5.92 Å². The topological polar surface area (TPSA) is 52.3 Å². The molecule has 3 nitrogen and oxygen atoms in total. The first-order valence-electron chi connectivity index (χ1n) is 6.22. The Morgan fingerprint density at radius 2 is 1.80 bits per heavy atom. The molecule has 2 rings (SSSR count). The van der Waals surface area contributed by atoms with Crippen LogP contribution < -0.4 is 5.73 Å². The maximum absolute atomic E-state index is 11.8. The summed E-state index contributed by atoms with van der Waals surface area (Å²) in [6.07, 6.45) is 8.68. The minimum Gasteiger partial charge on any atom is -0.462 e. The van der Waals surface area contributed by atoms with Crippen molar-refractivity contribution >= 4 is 5.97 Å². The molecule has 2 unspecified atom stereocenters. The third-order valence-corrected chi connectivity index (χ3v) is 3.63. The number of esters is 1. The van der Waals surface area contributed by atoms with Gasteiger partial charge >= 0.3 is 5.97 Å². The number of carbonyl (C=O) groups is 1. The van der Waals surface area contributed by atoms with Crippen molar-refractivity contribution in [1.29, 1.82) is 0 Å². The normalized spacial score (nSPS) is 32.9. The van der Waals surface area contributed by atoms with E-state index in [9.17, 15) is 4.79 Å². The van der Waals surface area contributed by atoms with E-state index in [2.05, 4.69) is 0 Å². The van der Waals surface area contributed by atoms with Crippen LogP contribution in [0.25, 0.3) is 0 Å². The van der Waals surface area contributed by atoms with Crippen molar-refractivity contribution in [3.05, 3.63) is 0 Å². The molecule has 0 amide bonds. The summed E-state index contributed by atoms with van der Waals surface area (Å²) in [4.78, 5) is 11.8. The highest BCUT2D eigenvalue weighted by atomic mass is 16.5. The molecule has 2 fully saturated rings. The molecule has 0 aliphatic heterocycles. The Morgan fingerprint density at radius 1 is 1.07 bits per heavy atom. The number of rotatable bonds is 2. The second-order valence-electron chi connectivity index (χ2n) is 4.97. The first-order valence-corrected chi connectivity index (χ1v) is 6.22. The van der Waals surface area contributed by atoms with Crippen LogP contribution in [0, 0.1) is 5.92 Å². The Balaban J connectivity index is 1.78. The summed E-state index contributed by atoms with van der Waals surface area (Å²) in [6, 6.07) is 0.208. The average molecular weight is 211 g/mol. The van der Waals surface area contributed by atoms with E-state index in [0.717, 1.165) is 38.5 Å². The molecule has 0 radical (unpaired) electrons. The average Bonchev–Trinajstić information content (AvgIpc) is 2.70. The Kier molecular flexibility index (Phi) is 3.62. The zero-order valence-corrected chi connectivity index (χ0v) is 9.28. The fourth-order valence-corrected chi connectivity index (χ4v) is 2.71. The van der Waals surface area contributed by atoms with Crippen molar-refractivity contribution in [2.45, 2.75) is 63.5 Å². The molecule has 0 saturated heterocycles. The molecule has 0 aromatic heterocycles. The maximum Gasteiger partial charge on any atom is 0.309 e. The molecule has 2 atom stereocenters. The highest BCUT2D eigenvalue weighted by Crippen LogP contribution is 2.27. The van der Waals surface area contributed by atoms with Gasteiger partial charge in [-0.3, -0.25) is 4.79 Å². The van der Waals surface area contributed by atoms with Crippen molar-refractivity contribution in [3.63, 3.8) is 0 Å². The molecular formula is C12H21NO2. The summed E-state index contributed by atoms with van der Waals surface area (Å²) >= 11 is 0. The SMILES string of the molecule is NC1CCCC(C(=O)OC2CCCC2)C1. The Bertz CT molecular complexity index is 224. The maximum atomic E-state index is 11.8. The first kappa shape index (κ1) is 10.9. The van der Waals surface area contributed by atoms with Crippen LogP contribution in [-0.4, -0.2) is 18.1 Å². The lowest BCUT2D eigenvalue weighted by molar-refractivity contribution is -0.155. The van der Waals surface area contributed by atoms with E-state index in [0.29, 0.717) is 0 Å². The predicted octanol–water partition coefficient (Wildman–Crippen LogP) is 1.99. The number of nitrogens with two attached hydrogens (primary N) is 1. The van der Waals surface area contributed by atoms with Crippen molar-refractivity contribution in [2.75, 3.05) is 0 Å². The quantitative estimate of drug-likeness (QED) is 0.711. The van der Waals surface area contributed by atoms with Gasteiger partial charge < -0.3 is 10.5 Å². The molecule has 0 heterocycles. The third kappa shape index (κ3) is 2.94. The number of hydrogen-bond acceptors (Lipinski definition) is 3. The Hall–Kier alpha value is -0.570. The van der Waals surface area contributed by atoms with Gasteiger partial charge in [-0.2, -0.15) is 0 Å². The Labute approximate surface area is 91.4 Å². The summed E-state index contributed by atoms with van der Waals surface area (Å²) in [6.45, 7) is 0. The van der Waals surface area contributed by atoms with Gasteiger partial charge in [-0.1, -0.05) is 6.42 Å². The molecule has 2 saturated carbocycles.